The molecule has 2 heterocycles. The van der Waals surface area contributed by atoms with Crippen LogP contribution in [-0.2, 0) is 28.4 Å². The summed E-state index contributed by atoms with van der Waals surface area (Å²) >= 11 is 0. The summed E-state index contributed by atoms with van der Waals surface area (Å²) in [4.78, 5) is 13.2. The third kappa shape index (κ3) is 2.54. The van der Waals surface area contributed by atoms with Gasteiger partial charge in [-0.2, -0.15) is 5.10 Å². The van der Waals surface area contributed by atoms with Crippen LogP contribution in [0.1, 0.15) is 17.8 Å². The van der Waals surface area contributed by atoms with Crippen LogP contribution in [0.5, 0.6) is 0 Å². The van der Waals surface area contributed by atoms with Gasteiger partial charge in [0, 0.05) is 20.0 Å². The van der Waals surface area contributed by atoms with Crippen molar-refractivity contribution in [3.8, 4) is 0 Å². The molecule has 100 valence electrons. The number of amides is 1. The Hall–Kier alpha value is -1.41. The molecule has 2 N–H and O–H groups in total. The maximum absolute atomic E-state index is 11.7. The van der Waals surface area contributed by atoms with Gasteiger partial charge in [-0.3, -0.25) is 9.48 Å². The molecule has 0 spiro atoms. The summed E-state index contributed by atoms with van der Waals surface area (Å²) < 4.78 is 24.1. The SMILES string of the molecule is Cc1cc(CN2CC(S(N)(=O)=O)CC2=O)n(C)n1. The number of likely N-dealkylation sites (tertiary alicyclic amines) is 1. The third-order valence-electron chi connectivity index (χ3n) is 3.10. The minimum Gasteiger partial charge on any atom is -0.335 e. The van der Waals surface area contributed by atoms with Crippen molar-refractivity contribution in [1.29, 1.82) is 0 Å². The topological polar surface area (TPSA) is 98.3 Å². The van der Waals surface area contributed by atoms with Crippen molar-refractivity contribution < 1.29 is 13.2 Å². The number of primary sulfonamides is 1. The van der Waals surface area contributed by atoms with Crippen molar-refractivity contribution in [1.82, 2.24) is 14.7 Å². The molecule has 0 aliphatic carbocycles. The second kappa shape index (κ2) is 4.36. The van der Waals surface area contributed by atoms with E-state index < -0.39 is 15.3 Å². The summed E-state index contributed by atoms with van der Waals surface area (Å²) in [5, 5.41) is 8.46. The fourth-order valence-electron chi connectivity index (χ4n) is 2.12. The zero-order valence-electron chi connectivity index (χ0n) is 10.3. The van der Waals surface area contributed by atoms with E-state index in [1.54, 1.807) is 11.7 Å². The Morgan fingerprint density at radius 3 is 2.67 bits per heavy atom. The molecular formula is C10H16N4O3S. The van der Waals surface area contributed by atoms with Gasteiger partial charge in [0.05, 0.1) is 17.9 Å². The van der Waals surface area contributed by atoms with Crippen LogP contribution < -0.4 is 5.14 Å². The summed E-state index contributed by atoms with van der Waals surface area (Å²) in [5.74, 6) is -0.187. The molecule has 1 unspecified atom stereocenters. The van der Waals surface area contributed by atoms with E-state index in [1.165, 1.54) is 4.90 Å². The van der Waals surface area contributed by atoms with Gasteiger partial charge in [0.2, 0.25) is 15.9 Å². The first kappa shape index (κ1) is 13.0. The molecule has 7 nitrogen and oxygen atoms in total. The van der Waals surface area contributed by atoms with E-state index in [-0.39, 0.29) is 18.9 Å². The smallest absolute Gasteiger partial charge is 0.224 e. The summed E-state index contributed by atoms with van der Waals surface area (Å²) in [7, 11) is -1.86. The van der Waals surface area contributed by atoms with Gasteiger partial charge in [-0.25, -0.2) is 13.6 Å². The minimum atomic E-state index is -3.65. The van der Waals surface area contributed by atoms with Crippen LogP contribution in [0.25, 0.3) is 0 Å². The molecule has 1 fully saturated rings. The fraction of sp³-hybridized carbons (Fsp3) is 0.600. The highest BCUT2D eigenvalue weighted by molar-refractivity contribution is 7.89. The number of rotatable bonds is 3. The molecule has 1 amide bonds. The number of nitrogens with two attached hydrogens (primary N) is 1. The highest BCUT2D eigenvalue weighted by Crippen LogP contribution is 2.19. The van der Waals surface area contributed by atoms with Crippen molar-refractivity contribution in [2.24, 2.45) is 12.2 Å². The molecule has 1 aromatic heterocycles. The van der Waals surface area contributed by atoms with Crippen LogP contribution in [0.15, 0.2) is 6.07 Å². The molecule has 1 saturated heterocycles. The number of aryl methyl sites for hydroxylation is 2. The van der Waals surface area contributed by atoms with E-state index in [4.69, 9.17) is 5.14 Å². The molecule has 1 aliphatic rings. The molecule has 1 aromatic rings. The first-order chi connectivity index (χ1) is 8.27. The highest BCUT2D eigenvalue weighted by atomic mass is 32.2. The van der Waals surface area contributed by atoms with E-state index in [0.29, 0.717) is 6.54 Å². The van der Waals surface area contributed by atoms with Crippen LogP contribution in [0, 0.1) is 6.92 Å². The van der Waals surface area contributed by atoms with Gasteiger partial charge >= 0.3 is 0 Å². The lowest BCUT2D eigenvalue weighted by Gasteiger charge is -2.15. The lowest BCUT2D eigenvalue weighted by molar-refractivity contribution is -0.128. The molecular weight excluding hydrogens is 256 g/mol. The van der Waals surface area contributed by atoms with E-state index >= 15 is 0 Å². The number of carbonyl (C=O) groups excluding carboxylic acids is 1. The number of nitrogens with zero attached hydrogens (tertiary/aromatic N) is 3. The van der Waals surface area contributed by atoms with Crippen LogP contribution in [0.2, 0.25) is 0 Å². The quantitative estimate of drug-likeness (QED) is 0.772. The molecule has 0 aromatic carbocycles. The maximum Gasteiger partial charge on any atom is 0.224 e. The monoisotopic (exact) mass is 272 g/mol. The van der Waals surface area contributed by atoms with E-state index in [9.17, 15) is 13.2 Å². The number of hydrogen-bond acceptors (Lipinski definition) is 4. The molecule has 0 saturated carbocycles. The number of sulfonamides is 1. The fourth-order valence-corrected chi connectivity index (χ4v) is 2.88. The van der Waals surface area contributed by atoms with Gasteiger partial charge in [0.15, 0.2) is 0 Å². The molecule has 2 rings (SSSR count). The van der Waals surface area contributed by atoms with E-state index in [0.717, 1.165) is 11.4 Å². The van der Waals surface area contributed by atoms with Gasteiger partial charge < -0.3 is 4.90 Å². The lowest BCUT2D eigenvalue weighted by Crippen LogP contribution is -2.32. The molecule has 0 radical (unpaired) electrons. The molecule has 1 atom stereocenters. The lowest BCUT2D eigenvalue weighted by atomic mass is 10.3. The number of hydrogen-bond donors (Lipinski definition) is 1. The molecule has 18 heavy (non-hydrogen) atoms. The van der Waals surface area contributed by atoms with Crippen molar-refractivity contribution in [3.63, 3.8) is 0 Å². The van der Waals surface area contributed by atoms with Crippen molar-refractivity contribution >= 4 is 15.9 Å². The Labute approximate surface area is 106 Å². The minimum absolute atomic E-state index is 0.0321. The normalized spacial score (nSPS) is 20.7. The summed E-state index contributed by atoms with van der Waals surface area (Å²) in [6.45, 7) is 2.38. The predicted octanol–water partition coefficient (Wildman–Crippen LogP) is -0.882. The second-order valence-electron chi connectivity index (χ2n) is 4.59. The van der Waals surface area contributed by atoms with Gasteiger partial charge in [0.25, 0.3) is 0 Å². The van der Waals surface area contributed by atoms with Crippen LogP contribution in [0.3, 0.4) is 0 Å². The average molecular weight is 272 g/mol. The summed E-state index contributed by atoms with van der Waals surface area (Å²) in [5.41, 5.74) is 1.73. The number of carbonyl (C=O) groups is 1. The van der Waals surface area contributed by atoms with E-state index in [2.05, 4.69) is 5.10 Å². The van der Waals surface area contributed by atoms with Crippen molar-refractivity contribution in [2.45, 2.75) is 25.1 Å². The van der Waals surface area contributed by atoms with Gasteiger partial charge in [0.1, 0.15) is 5.25 Å². The average Bonchev–Trinajstić information content (AvgIpc) is 2.72. The zero-order chi connectivity index (χ0) is 13.5. The van der Waals surface area contributed by atoms with Gasteiger partial charge in [-0.1, -0.05) is 0 Å². The summed E-state index contributed by atoms with van der Waals surface area (Å²) in [6.07, 6.45) is -0.0321. The Kier molecular flexibility index (Phi) is 3.16. The number of aromatic nitrogens is 2. The Balaban J connectivity index is 2.12. The third-order valence-corrected chi connectivity index (χ3v) is 4.34. The van der Waals surface area contributed by atoms with Crippen molar-refractivity contribution in [3.05, 3.63) is 17.5 Å². The summed E-state index contributed by atoms with van der Waals surface area (Å²) in [6, 6.07) is 1.87. The molecule has 8 heteroatoms. The Morgan fingerprint density at radius 2 is 2.22 bits per heavy atom. The molecule has 0 bridgehead atoms. The van der Waals surface area contributed by atoms with Crippen molar-refractivity contribution in [2.75, 3.05) is 6.54 Å². The first-order valence-corrected chi connectivity index (χ1v) is 7.17. The molecule has 1 aliphatic heterocycles. The second-order valence-corrected chi connectivity index (χ2v) is 6.43. The first-order valence-electron chi connectivity index (χ1n) is 5.56. The highest BCUT2D eigenvalue weighted by Gasteiger charge is 2.36. The largest absolute Gasteiger partial charge is 0.335 e. The van der Waals surface area contributed by atoms with Crippen LogP contribution in [0.4, 0.5) is 0 Å². The van der Waals surface area contributed by atoms with Gasteiger partial charge in [-0.05, 0) is 13.0 Å². The standard InChI is InChI=1S/C10H16N4O3S/c1-7-3-8(13(2)12-7)5-14-6-9(4-10(14)15)18(11,16)17/h3,9H,4-6H2,1-2H3,(H2,11,16,17). The van der Waals surface area contributed by atoms with Crippen LogP contribution in [-0.4, -0.2) is 40.8 Å². The maximum atomic E-state index is 11.7. The Morgan fingerprint density at radius 1 is 1.56 bits per heavy atom. The van der Waals surface area contributed by atoms with E-state index in [1.807, 2.05) is 13.0 Å². The Bertz CT molecular complexity index is 578. The predicted molar refractivity (Wildman–Crippen MR) is 64.9 cm³/mol. The van der Waals surface area contributed by atoms with Crippen LogP contribution >= 0.6 is 0 Å². The van der Waals surface area contributed by atoms with Gasteiger partial charge in [-0.15, -0.1) is 0 Å². The zero-order valence-corrected chi connectivity index (χ0v) is 11.1.